The maximum absolute atomic E-state index is 9.50. The van der Waals surface area contributed by atoms with Gasteiger partial charge in [0, 0.05) is 24.6 Å². The fraction of sp³-hybridized carbons (Fsp3) is 0.400. The number of hydrogen-bond donors (Lipinski definition) is 2. The van der Waals surface area contributed by atoms with E-state index in [0.717, 1.165) is 37.1 Å². The maximum atomic E-state index is 9.50. The van der Waals surface area contributed by atoms with E-state index >= 15 is 0 Å². The zero-order valence-electron chi connectivity index (χ0n) is 13.3. The van der Waals surface area contributed by atoms with Crippen molar-refractivity contribution in [2.24, 2.45) is 0 Å². The van der Waals surface area contributed by atoms with E-state index in [0.29, 0.717) is 6.04 Å². The number of aliphatic hydroxyl groups is 1. The van der Waals surface area contributed by atoms with Crippen molar-refractivity contribution in [3.05, 3.63) is 65.2 Å². The number of nitrogens with one attached hydrogen (secondary N) is 1. The van der Waals surface area contributed by atoms with Crippen molar-refractivity contribution in [3.8, 4) is 5.75 Å². The lowest BCUT2D eigenvalue weighted by molar-refractivity contribution is -0.0371. The Kier molecular flexibility index (Phi) is 3.83. The van der Waals surface area contributed by atoms with Crippen LogP contribution >= 0.6 is 0 Å². The van der Waals surface area contributed by atoms with E-state index in [1.807, 2.05) is 18.2 Å². The van der Waals surface area contributed by atoms with Crippen LogP contribution < -0.4 is 10.1 Å². The van der Waals surface area contributed by atoms with Crippen molar-refractivity contribution in [3.63, 3.8) is 0 Å². The molecule has 1 saturated carbocycles. The second-order valence-corrected chi connectivity index (χ2v) is 6.74. The molecular weight excluding hydrogens is 286 g/mol. The molecule has 2 aromatic carbocycles. The number of fused-ring (bicyclic) bond motifs is 1. The third kappa shape index (κ3) is 2.75. The van der Waals surface area contributed by atoms with Gasteiger partial charge < -0.3 is 15.2 Å². The minimum absolute atomic E-state index is 0.0442. The van der Waals surface area contributed by atoms with E-state index in [4.69, 9.17) is 4.74 Å². The van der Waals surface area contributed by atoms with Gasteiger partial charge in [0.05, 0.1) is 6.61 Å². The molecule has 0 unspecified atom stereocenters. The molecule has 4 rings (SSSR count). The zero-order chi connectivity index (χ0) is 15.7. The van der Waals surface area contributed by atoms with Crippen molar-refractivity contribution >= 4 is 0 Å². The molecule has 0 aromatic heterocycles. The molecule has 2 aliphatic rings. The standard InChI is InChI=1S/C20H23NO2/c22-14-16-7-2-1-6-15(16)13-21-18-12-20(10-5-11-20)23-19-9-4-3-8-17(18)19/h1-4,6-9,18,21-22H,5,10-14H2/t18-/m1/s1. The third-order valence-corrected chi connectivity index (χ3v) is 5.29. The summed E-state index contributed by atoms with van der Waals surface area (Å²) in [6.45, 7) is 0.859. The second kappa shape index (κ2) is 5.99. The van der Waals surface area contributed by atoms with E-state index in [2.05, 4.69) is 35.6 Å². The van der Waals surface area contributed by atoms with Gasteiger partial charge in [-0.25, -0.2) is 0 Å². The molecule has 1 atom stereocenters. The van der Waals surface area contributed by atoms with Gasteiger partial charge in [-0.05, 0) is 36.5 Å². The Balaban J connectivity index is 1.56. The molecule has 1 spiro atoms. The number of aliphatic hydroxyl groups excluding tert-OH is 1. The van der Waals surface area contributed by atoms with E-state index in [1.54, 1.807) is 0 Å². The second-order valence-electron chi connectivity index (χ2n) is 6.74. The Hall–Kier alpha value is -1.84. The lowest BCUT2D eigenvalue weighted by Crippen LogP contribution is -2.49. The molecule has 120 valence electrons. The van der Waals surface area contributed by atoms with Crippen molar-refractivity contribution in [2.45, 2.75) is 50.5 Å². The third-order valence-electron chi connectivity index (χ3n) is 5.29. The summed E-state index contributed by atoms with van der Waals surface area (Å²) in [5.41, 5.74) is 3.47. The van der Waals surface area contributed by atoms with Crippen molar-refractivity contribution in [1.82, 2.24) is 5.32 Å². The van der Waals surface area contributed by atoms with Crippen LogP contribution in [0.15, 0.2) is 48.5 Å². The average molecular weight is 309 g/mol. The Morgan fingerprint density at radius 3 is 2.52 bits per heavy atom. The molecule has 23 heavy (non-hydrogen) atoms. The number of hydrogen-bond acceptors (Lipinski definition) is 3. The molecule has 0 amide bonds. The molecule has 1 heterocycles. The van der Waals surface area contributed by atoms with E-state index in [-0.39, 0.29) is 12.2 Å². The highest BCUT2D eigenvalue weighted by atomic mass is 16.5. The fourth-order valence-electron chi connectivity index (χ4n) is 3.80. The van der Waals surface area contributed by atoms with Crippen molar-refractivity contribution in [1.29, 1.82) is 0 Å². The fourth-order valence-corrected chi connectivity index (χ4v) is 3.80. The molecule has 0 bridgehead atoms. The topological polar surface area (TPSA) is 41.5 Å². The van der Waals surface area contributed by atoms with Crippen LogP contribution in [0.1, 0.15) is 48.4 Å². The first-order valence-electron chi connectivity index (χ1n) is 8.49. The van der Waals surface area contributed by atoms with Crippen molar-refractivity contribution < 1.29 is 9.84 Å². The maximum Gasteiger partial charge on any atom is 0.124 e. The number of rotatable bonds is 4. The average Bonchev–Trinajstić information content (AvgIpc) is 2.58. The number of para-hydroxylation sites is 1. The Labute approximate surface area is 137 Å². The zero-order valence-corrected chi connectivity index (χ0v) is 13.3. The smallest absolute Gasteiger partial charge is 0.124 e. The van der Waals surface area contributed by atoms with Crippen LogP contribution in [0.2, 0.25) is 0 Å². The highest BCUT2D eigenvalue weighted by molar-refractivity contribution is 5.39. The molecule has 3 nitrogen and oxygen atoms in total. The van der Waals surface area contributed by atoms with Crippen molar-refractivity contribution in [2.75, 3.05) is 0 Å². The highest BCUT2D eigenvalue weighted by Gasteiger charge is 2.45. The van der Waals surface area contributed by atoms with Crippen LogP contribution in [0.25, 0.3) is 0 Å². The molecule has 2 aromatic rings. The summed E-state index contributed by atoms with van der Waals surface area (Å²) >= 11 is 0. The lowest BCUT2D eigenvalue weighted by Gasteiger charge is -2.48. The predicted octanol–water partition coefficient (Wildman–Crippen LogP) is 3.72. The Bertz CT molecular complexity index is 694. The molecule has 1 fully saturated rings. The summed E-state index contributed by atoms with van der Waals surface area (Å²) in [4.78, 5) is 0. The van der Waals surface area contributed by atoms with Crippen LogP contribution in [0.3, 0.4) is 0 Å². The van der Waals surface area contributed by atoms with Gasteiger partial charge in [0.15, 0.2) is 0 Å². The summed E-state index contributed by atoms with van der Waals surface area (Å²) in [6.07, 6.45) is 4.62. The van der Waals surface area contributed by atoms with E-state index in [9.17, 15) is 5.11 Å². The van der Waals surface area contributed by atoms with Gasteiger partial charge in [-0.1, -0.05) is 42.5 Å². The van der Waals surface area contributed by atoms with Crippen LogP contribution in [0, 0.1) is 0 Å². The lowest BCUT2D eigenvalue weighted by atomic mass is 9.73. The minimum Gasteiger partial charge on any atom is -0.487 e. The molecular formula is C20H23NO2. The Morgan fingerprint density at radius 2 is 1.78 bits per heavy atom. The van der Waals surface area contributed by atoms with Gasteiger partial charge in [0.2, 0.25) is 0 Å². The summed E-state index contributed by atoms with van der Waals surface area (Å²) in [6, 6.07) is 16.8. The predicted molar refractivity (Wildman–Crippen MR) is 90.2 cm³/mol. The van der Waals surface area contributed by atoms with Crippen LogP contribution in [0.5, 0.6) is 5.75 Å². The van der Waals surface area contributed by atoms with Gasteiger partial charge in [-0.15, -0.1) is 0 Å². The summed E-state index contributed by atoms with van der Waals surface area (Å²) in [5.74, 6) is 1.03. The number of ether oxygens (including phenoxy) is 1. The largest absolute Gasteiger partial charge is 0.487 e. The first-order valence-corrected chi connectivity index (χ1v) is 8.49. The quantitative estimate of drug-likeness (QED) is 0.904. The highest BCUT2D eigenvalue weighted by Crippen LogP contribution is 2.48. The summed E-state index contributed by atoms with van der Waals surface area (Å²) < 4.78 is 6.30. The van der Waals surface area contributed by atoms with Gasteiger partial charge in [0.1, 0.15) is 11.4 Å². The van der Waals surface area contributed by atoms with Gasteiger partial charge >= 0.3 is 0 Å². The van der Waals surface area contributed by atoms with Gasteiger partial charge in [-0.2, -0.15) is 0 Å². The van der Waals surface area contributed by atoms with Gasteiger partial charge in [0.25, 0.3) is 0 Å². The van der Waals surface area contributed by atoms with E-state index in [1.165, 1.54) is 17.5 Å². The molecule has 1 aliphatic heterocycles. The molecule has 0 radical (unpaired) electrons. The molecule has 3 heteroatoms. The van der Waals surface area contributed by atoms with E-state index < -0.39 is 0 Å². The molecule has 1 aliphatic carbocycles. The van der Waals surface area contributed by atoms with Gasteiger partial charge in [-0.3, -0.25) is 0 Å². The first-order chi connectivity index (χ1) is 11.3. The normalized spacial score (nSPS) is 21.3. The van der Waals surface area contributed by atoms with Crippen LogP contribution in [-0.4, -0.2) is 10.7 Å². The molecule has 2 N–H and O–H groups in total. The minimum atomic E-state index is 0.0442. The van der Waals surface area contributed by atoms with Crippen LogP contribution in [0.4, 0.5) is 0 Å². The van der Waals surface area contributed by atoms with Crippen LogP contribution in [-0.2, 0) is 13.2 Å². The number of benzene rings is 2. The monoisotopic (exact) mass is 309 g/mol. The summed E-state index contributed by atoms with van der Waals surface area (Å²) in [7, 11) is 0. The summed E-state index contributed by atoms with van der Waals surface area (Å²) in [5, 5.41) is 13.2. The molecule has 0 saturated heterocycles. The SMILES string of the molecule is OCc1ccccc1CN[C@@H]1CC2(CCC2)Oc2ccccc21. The Morgan fingerprint density at radius 1 is 1.04 bits per heavy atom. The first kappa shape index (κ1) is 14.7.